The molecule has 0 fully saturated rings. The Hall–Kier alpha value is -1.19. The Labute approximate surface area is 102 Å². The first-order chi connectivity index (χ1) is 7.54. The second-order valence-corrected chi connectivity index (χ2v) is 4.29. The van der Waals surface area contributed by atoms with Crippen LogP contribution in [0.4, 0.5) is 0 Å². The van der Waals surface area contributed by atoms with E-state index in [-0.39, 0.29) is 11.3 Å². The lowest BCUT2D eigenvalue weighted by Crippen LogP contribution is -2.12. The molecule has 0 spiro atoms. The highest BCUT2D eigenvalue weighted by atomic mass is 35.5. The number of benzene rings is 1. The molecule has 0 saturated carbocycles. The SMILES string of the molecule is CCc1c(O)c2cc(Cl)cc(Cl)c2[nH]c1=O. The van der Waals surface area contributed by atoms with E-state index in [4.69, 9.17) is 23.2 Å². The highest BCUT2D eigenvalue weighted by Crippen LogP contribution is 2.32. The Morgan fingerprint density at radius 3 is 2.69 bits per heavy atom. The maximum Gasteiger partial charge on any atom is 0.255 e. The number of fused-ring (bicyclic) bond motifs is 1. The number of hydrogen-bond donors (Lipinski definition) is 2. The third kappa shape index (κ3) is 1.66. The van der Waals surface area contributed by atoms with Crippen LogP contribution in [-0.4, -0.2) is 10.1 Å². The fraction of sp³-hybridized carbons (Fsp3) is 0.182. The minimum Gasteiger partial charge on any atom is -0.507 e. The maximum atomic E-state index is 11.6. The van der Waals surface area contributed by atoms with E-state index < -0.39 is 0 Å². The summed E-state index contributed by atoms with van der Waals surface area (Å²) in [6.07, 6.45) is 0.446. The van der Waals surface area contributed by atoms with Gasteiger partial charge in [-0.05, 0) is 18.6 Å². The van der Waals surface area contributed by atoms with Gasteiger partial charge >= 0.3 is 0 Å². The van der Waals surface area contributed by atoms with E-state index in [1.165, 1.54) is 6.07 Å². The van der Waals surface area contributed by atoms with E-state index in [0.29, 0.717) is 32.9 Å². The molecule has 2 aromatic rings. The molecule has 0 unspecified atom stereocenters. The molecule has 16 heavy (non-hydrogen) atoms. The van der Waals surface area contributed by atoms with Crippen molar-refractivity contribution in [3.05, 3.63) is 38.1 Å². The van der Waals surface area contributed by atoms with Crippen molar-refractivity contribution in [2.45, 2.75) is 13.3 Å². The Bertz CT molecular complexity index is 619. The number of rotatable bonds is 1. The summed E-state index contributed by atoms with van der Waals surface area (Å²) >= 11 is 11.8. The van der Waals surface area contributed by atoms with Crippen LogP contribution in [0.5, 0.6) is 5.75 Å². The van der Waals surface area contributed by atoms with Gasteiger partial charge in [-0.1, -0.05) is 30.1 Å². The van der Waals surface area contributed by atoms with Crippen LogP contribution in [0.2, 0.25) is 10.0 Å². The van der Waals surface area contributed by atoms with Gasteiger partial charge in [-0.15, -0.1) is 0 Å². The van der Waals surface area contributed by atoms with Crippen molar-refractivity contribution in [2.24, 2.45) is 0 Å². The van der Waals surface area contributed by atoms with Crippen molar-refractivity contribution < 1.29 is 5.11 Å². The Balaban J connectivity index is 2.99. The summed E-state index contributed by atoms with van der Waals surface area (Å²) in [7, 11) is 0. The van der Waals surface area contributed by atoms with Gasteiger partial charge in [0.25, 0.3) is 5.56 Å². The molecule has 0 aliphatic rings. The topological polar surface area (TPSA) is 53.1 Å². The van der Waals surface area contributed by atoms with Crippen LogP contribution < -0.4 is 5.56 Å². The fourth-order valence-corrected chi connectivity index (χ4v) is 2.22. The van der Waals surface area contributed by atoms with Crippen LogP contribution in [0, 0.1) is 0 Å². The molecular formula is C11H9Cl2NO2. The lowest BCUT2D eigenvalue weighted by atomic mass is 10.1. The molecule has 0 aliphatic heterocycles. The molecule has 2 N–H and O–H groups in total. The average molecular weight is 258 g/mol. The Morgan fingerprint density at radius 1 is 1.38 bits per heavy atom. The first-order valence-corrected chi connectivity index (χ1v) is 5.53. The summed E-state index contributed by atoms with van der Waals surface area (Å²) < 4.78 is 0. The van der Waals surface area contributed by atoms with Gasteiger partial charge in [-0.2, -0.15) is 0 Å². The molecule has 1 aromatic carbocycles. The fourth-order valence-electron chi connectivity index (χ4n) is 1.67. The van der Waals surface area contributed by atoms with Gasteiger partial charge in [0, 0.05) is 10.4 Å². The number of pyridine rings is 1. The molecule has 5 heteroatoms. The second-order valence-electron chi connectivity index (χ2n) is 3.45. The molecule has 0 amide bonds. The zero-order valence-corrected chi connectivity index (χ0v) is 9.99. The van der Waals surface area contributed by atoms with Crippen molar-refractivity contribution in [3.8, 4) is 5.75 Å². The molecule has 84 valence electrons. The Kier molecular flexibility index (Phi) is 2.82. The maximum absolute atomic E-state index is 11.6. The molecule has 0 bridgehead atoms. The molecule has 3 nitrogen and oxygen atoms in total. The van der Waals surface area contributed by atoms with E-state index in [1.807, 2.05) is 0 Å². The van der Waals surface area contributed by atoms with Crippen LogP contribution in [0.15, 0.2) is 16.9 Å². The highest BCUT2D eigenvalue weighted by molar-refractivity contribution is 6.38. The zero-order chi connectivity index (χ0) is 11.9. The highest BCUT2D eigenvalue weighted by Gasteiger charge is 2.12. The molecule has 0 aliphatic carbocycles. The zero-order valence-electron chi connectivity index (χ0n) is 8.47. The monoisotopic (exact) mass is 257 g/mol. The lowest BCUT2D eigenvalue weighted by molar-refractivity contribution is 0.473. The lowest BCUT2D eigenvalue weighted by Gasteiger charge is -2.07. The number of H-pyrrole nitrogens is 1. The predicted molar refractivity (Wildman–Crippen MR) is 65.6 cm³/mol. The molecule has 0 atom stereocenters. The van der Waals surface area contributed by atoms with E-state index in [0.717, 1.165) is 0 Å². The van der Waals surface area contributed by atoms with Crippen molar-refractivity contribution in [3.63, 3.8) is 0 Å². The third-order valence-electron chi connectivity index (χ3n) is 2.46. The van der Waals surface area contributed by atoms with Gasteiger partial charge in [0.15, 0.2) is 0 Å². The summed E-state index contributed by atoms with van der Waals surface area (Å²) in [5.74, 6) is -0.0503. The minimum absolute atomic E-state index is 0.0503. The largest absolute Gasteiger partial charge is 0.507 e. The molecule has 1 heterocycles. The molecule has 2 rings (SSSR count). The van der Waals surface area contributed by atoms with E-state index in [9.17, 15) is 9.90 Å². The molecular weight excluding hydrogens is 249 g/mol. The van der Waals surface area contributed by atoms with Crippen molar-refractivity contribution in [1.82, 2.24) is 4.98 Å². The van der Waals surface area contributed by atoms with E-state index >= 15 is 0 Å². The van der Waals surface area contributed by atoms with Gasteiger partial charge in [0.05, 0.1) is 16.1 Å². The van der Waals surface area contributed by atoms with Crippen molar-refractivity contribution in [1.29, 1.82) is 0 Å². The second kappa shape index (κ2) is 4.00. The van der Waals surface area contributed by atoms with Gasteiger partial charge in [-0.25, -0.2) is 0 Å². The average Bonchev–Trinajstić information content (AvgIpc) is 2.21. The van der Waals surface area contributed by atoms with Gasteiger partial charge < -0.3 is 10.1 Å². The smallest absolute Gasteiger partial charge is 0.255 e. The van der Waals surface area contributed by atoms with Gasteiger partial charge in [0.2, 0.25) is 0 Å². The summed E-state index contributed by atoms with van der Waals surface area (Å²) in [5, 5.41) is 11.1. The normalized spacial score (nSPS) is 10.9. The van der Waals surface area contributed by atoms with Crippen LogP contribution in [0.3, 0.4) is 0 Å². The first-order valence-electron chi connectivity index (χ1n) is 4.77. The quantitative estimate of drug-likeness (QED) is 0.825. The molecule has 0 saturated heterocycles. The standard InChI is InChI=1S/C11H9Cl2NO2/c1-2-6-10(15)7-3-5(12)4-8(13)9(7)14-11(6)16/h3-4H,2H2,1H3,(H2,14,15,16). The summed E-state index contributed by atoms with van der Waals surface area (Å²) in [6.45, 7) is 1.79. The third-order valence-corrected chi connectivity index (χ3v) is 2.98. The first kappa shape index (κ1) is 11.3. The van der Waals surface area contributed by atoms with Crippen LogP contribution in [0.25, 0.3) is 10.9 Å². The van der Waals surface area contributed by atoms with Crippen molar-refractivity contribution in [2.75, 3.05) is 0 Å². The van der Waals surface area contributed by atoms with E-state index in [1.54, 1.807) is 13.0 Å². The number of nitrogens with one attached hydrogen (secondary N) is 1. The van der Waals surface area contributed by atoms with Gasteiger partial charge in [0.1, 0.15) is 5.75 Å². The summed E-state index contributed by atoms with van der Waals surface area (Å²) in [6, 6.07) is 3.10. The number of aromatic nitrogens is 1. The number of aromatic amines is 1. The predicted octanol–water partition coefficient (Wildman–Crippen LogP) is 3.10. The summed E-state index contributed by atoms with van der Waals surface area (Å²) in [5.41, 5.74) is 0.424. The number of halogens is 2. The number of hydrogen-bond acceptors (Lipinski definition) is 2. The number of aromatic hydroxyl groups is 1. The van der Waals surface area contributed by atoms with E-state index in [2.05, 4.69) is 4.98 Å². The Morgan fingerprint density at radius 2 is 2.06 bits per heavy atom. The van der Waals surface area contributed by atoms with Crippen LogP contribution in [0.1, 0.15) is 12.5 Å². The van der Waals surface area contributed by atoms with Crippen LogP contribution in [-0.2, 0) is 6.42 Å². The molecule has 0 radical (unpaired) electrons. The van der Waals surface area contributed by atoms with Crippen molar-refractivity contribution >= 4 is 34.1 Å². The summed E-state index contributed by atoms with van der Waals surface area (Å²) in [4.78, 5) is 14.3. The minimum atomic E-state index is -0.322. The molecule has 1 aromatic heterocycles. The van der Waals surface area contributed by atoms with Crippen LogP contribution >= 0.6 is 23.2 Å². The van der Waals surface area contributed by atoms with Gasteiger partial charge in [-0.3, -0.25) is 4.79 Å².